The van der Waals surface area contributed by atoms with Crippen LogP contribution in [0, 0.1) is 0 Å². The summed E-state index contributed by atoms with van der Waals surface area (Å²) in [7, 11) is -7.53. The third kappa shape index (κ3) is 4.08. The van der Waals surface area contributed by atoms with Gasteiger partial charge in [0.25, 0.3) is 10.0 Å². The molecule has 0 amide bonds. The quantitative estimate of drug-likeness (QED) is 0.729. The second-order valence-corrected chi connectivity index (χ2v) is 9.65. The molecule has 0 aromatic heterocycles. The molecule has 152 valence electrons. The maximum absolute atomic E-state index is 12.6. The van der Waals surface area contributed by atoms with Gasteiger partial charge in [0.05, 0.1) is 15.5 Å². The van der Waals surface area contributed by atoms with E-state index in [-0.39, 0.29) is 9.79 Å². The van der Waals surface area contributed by atoms with Crippen LogP contribution in [0.15, 0.2) is 52.3 Å². The SMILES string of the molecule is CCN(CC)S(=O)(=O)c1ccc(S(=O)(=O)Nc2ccc3c(c2)OCCO3)cc1. The molecular weight excluding hydrogens is 404 g/mol. The van der Waals surface area contributed by atoms with E-state index in [1.54, 1.807) is 32.0 Å². The fraction of sp³-hybridized carbons (Fsp3) is 0.333. The van der Waals surface area contributed by atoms with Crippen LogP contribution in [-0.4, -0.2) is 47.4 Å². The summed E-state index contributed by atoms with van der Waals surface area (Å²) in [6.07, 6.45) is 0. The second kappa shape index (κ2) is 7.98. The van der Waals surface area contributed by atoms with E-state index in [0.717, 1.165) is 0 Å². The Hall–Kier alpha value is -2.30. The topological polar surface area (TPSA) is 102 Å². The van der Waals surface area contributed by atoms with E-state index in [0.29, 0.717) is 43.5 Å². The van der Waals surface area contributed by atoms with Gasteiger partial charge in [-0.25, -0.2) is 16.8 Å². The van der Waals surface area contributed by atoms with Crippen molar-refractivity contribution in [3.8, 4) is 11.5 Å². The molecule has 1 N–H and O–H groups in total. The molecule has 0 radical (unpaired) electrons. The zero-order chi connectivity index (χ0) is 20.4. The maximum Gasteiger partial charge on any atom is 0.261 e. The van der Waals surface area contributed by atoms with Crippen molar-refractivity contribution in [3.63, 3.8) is 0 Å². The van der Waals surface area contributed by atoms with Gasteiger partial charge in [-0.15, -0.1) is 0 Å². The zero-order valence-corrected chi connectivity index (χ0v) is 17.2. The molecule has 0 fully saturated rings. The summed E-state index contributed by atoms with van der Waals surface area (Å²) in [5, 5.41) is 0. The Kier molecular flexibility index (Phi) is 5.82. The fourth-order valence-corrected chi connectivity index (χ4v) is 5.33. The summed E-state index contributed by atoms with van der Waals surface area (Å²) in [6.45, 7) is 5.01. The molecule has 1 aliphatic rings. The Morgan fingerprint density at radius 2 is 1.43 bits per heavy atom. The highest BCUT2D eigenvalue weighted by molar-refractivity contribution is 7.92. The predicted molar refractivity (Wildman–Crippen MR) is 105 cm³/mol. The number of rotatable bonds is 7. The van der Waals surface area contributed by atoms with Gasteiger partial charge in [0.1, 0.15) is 13.2 Å². The summed E-state index contributed by atoms with van der Waals surface area (Å²) in [5.74, 6) is 1.02. The lowest BCUT2D eigenvalue weighted by molar-refractivity contribution is 0.171. The second-order valence-electron chi connectivity index (χ2n) is 6.02. The highest BCUT2D eigenvalue weighted by atomic mass is 32.2. The van der Waals surface area contributed by atoms with Crippen molar-refractivity contribution in [3.05, 3.63) is 42.5 Å². The van der Waals surface area contributed by atoms with Crippen molar-refractivity contribution in [2.45, 2.75) is 23.6 Å². The largest absolute Gasteiger partial charge is 0.486 e. The van der Waals surface area contributed by atoms with Crippen LogP contribution in [0.5, 0.6) is 11.5 Å². The summed E-state index contributed by atoms with van der Waals surface area (Å²) < 4.78 is 64.9. The summed E-state index contributed by atoms with van der Waals surface area (Å²) in [5.41, 5.74) is 0.323. The molecule has 28 heavy (non-hydrogen) atoms. The Balaban J connectivity index is 1.83. The van der Waals surface area contributed by atoms with Crippen LogP contribution in [0.1, 0.15) is 13.8 Å². The van der Waals surface area contributed by atoms with Crippen molar-refractivity contribution < 1.29 is 26.3 Å². The first-order valence-electron chi connectivity index (χ1n) is 8.80. The summed E-state index contributed by atoms with van der Waals surface area (Å²) >= 11 is 0. The number of sulfonamides is 2. The molecule has 2 aromatic rings. The molecule has 0 saturated heterocycles. The number of nitrogens with zero attached hydrogens (tertiary/aromatic N) is 1. The van der Waals surface area contributed by atoms with Gasteiger partial charge in [0.15, 0.2) is 11.5 Å². The number of fused-ring (bicyclic) bond motifs is 1. The summed E-state index contributed by atoms with van der Waals surface area (Å²) in [4.78, 5) is 0.00960. The first-order chi connectivity index (χ1) is 13.3. The Morgan fingerprint density at radius 3 is 2.04 bits per heavy atom. The zero-order valence-electron chi connectivity index (χ0n) is 15.6. The molecule has 8 nitrogen and oxygen atoms in total. The summed E-state index contributed by atoms with van der Waals surface area (Å²) in [6, 6.07) is 9.90. The number of nitrogens with one attached hydrogen (secondary N) is 1. The van der Waals surface area contributed by atoms with Crippen LogP contribution >= 0.6 is 0 Å². The monoisotopic (exact) mass is 426 g/mol. The van der Waals surface area contributed by atoms with Gasteiger partial charge < -0.3 is 9.47 Å². The molecule has 1 aliphatic heterocycles. The molecule has 0 unspecified atom stereocenters. The van der Waals surface area contributed by atoms with Crippen LogP contribution in [0.3, 0.4) is 0 Å². The van der Waals surface area contributed by atoms with Crippen molar-refractivity contribution >= 4 is 25.7 Å². The standard InChI is InChI=1S/C18H22N2O6S2/c1-3-20(4-2)28(23,24)16-8-6-15(7-9-16)27(21,22)19-14-5-10-17-18(13-14)26-12-11-25-17/h5-10,13,19H,3-4,11-12H2,1-2H3. The smallest absolute Gasteiger partial charge is 0.261 e. The van der Waals surface area contributed by atoms with E-state index in [2.05, 4.69) is 4.72 Å². The van der Waals surface area contributed by atoms with Crippen LogP contribution < -0.4 is 14.2 Å². The highest BCUT2D eigenvalue weighted by Crippen LogP contribution is 2.33. The average molecular weight is 427 g/mol. The van der Waals surface area contributed by atoms with Gasteiger partial charge in [-0.3, -0.25) is 4.72 Å². The highest BCUT2D eigenvalue weighted by Gasteiger charge is 2.23. The lowest BCUT2D eigenvalue weighted by Gasteiger charge is -2.19. The molecular formula is C18H22N2O6S2. The fourth-order valence-electron chi connectivity index (χ4n) is 2.82. The van der Waals surface area contributed by atoms with Crippen LogP contribution in [0.4, 0.5) is 5.69 Å². The number of ether oxygens (including phenoxy) is 2. The minimum absolute atomic E-state index is 0.0408. The molecule has 0 spiro atoms. The van der Waals surface area contributed by atoms with Gasteiger partial charge in [-0.05, 0) is 36.4 Å². The van der Waals surface area contributed by atoms with Crippen LogP contribution in [0.2, 0.25) is 0 Å². The van der Waals surface area contributed by atoms with Gasteiger partial charge in [-0.1, -0.05) is 13.8 Å². The predicted octanol–water partition coefficient (Wildman–Crippen LogP) is 2.29. The van der Waals surface area contributed by atoms with Crippen LogP contribution in [0.25, 0.3) is 0 Å². The van der Waals surface area contributed by atoms with E-state index >= 15 is 0 Å². The average Bonchev–Trinajstić information content (AvgIpc) is 2.68. The molecule has 0 atom stereocenters. The van der Waals surface area contributed by atoms with E-state index < -0.39 is 20.0 Å². The molecule has 10 heteroatoms. The van der Waals surface area contributed by atoms with Gasteiger partial charge in [0, 0.05) is 19.2 Å². The molecule has 0 bridgehead atoms. The Bertz CT molecular complexity index is 1050. The molecule has 1 heterocycles. The molecule has 0 aliphatic carbocycles. The van der Waals surface area contributed by atoms with E-state index in [4.69, 9.17) is 9.47 Å². The van der Waals surface area contributed by atoms with E-state index in [1.807, 2.05) is 0 Å². The minimum atomic E-state index is -3.89. The number of anilines is 1. The van der Waals surface area contributed by atoms with Crippen molar-refractivity contribution in [1.29, 1.82) is 0 Å². The maximum atomic E-state index is 12.6. The minimum Gasteiger partial charge on any atom is -0.486 e. The third-order valence-corrected chi connectivity index (χ3v) is 7.73. The first-order valence-corrected chi connectivity index (χ1v) is 11.7. The normalized spacial score (nSPS) is 14.1. The third-order valence-electron chi connectivity index (χ3n) is 4.27. The van der Waals surface area contributed by atoms with Gasteiger partial charge in [0.2, 0.25) is 10.0 Å². The van der Waals surface area contributed by atoms with Crippen molar-refractivity contribution in [2.24, 2.45) is 0 Å². The lowest BCUT2D eigenvalue weighted by Crippen LogP contribution is -2.30. The van der Waals surface area contributed by atoms with Crippen molar-refractivity contribution in [1.82, 2.24) is 4.31 Å². The van der Waals surface area contributed by atoms with Crippen molar-refractivity contribution in [2.75, 3.05) is 31.0 Å². The first kappa shape index (κ1) is 20.4. The number of hydrogen-bond acceptors (Lipinski definition) is 6. The number of hydrogen-bond donors (Lipinski definition) is 1. The Labute approximate surface area is 165 Å². The molecule has 0 saturated carbocycles. The van der Waals surface area contributed by atoms with Gasteiger partial charge in [-0.2, -0.15) is 4.31 Å². The molecule has 2 aromatic carbocycles. The number of benzene rings is 2. The van der Waals surface area contributed by atoms with E-state index in [1.165, 1.54) is 28.6 Å². The van der Waals surface area contributed by atoms with Crippen LogP contribution in [-0.2, 0) is 20.0 Å². The Morgan fingerprint density at radius 1 is 0.857 bits per heavy atom. The molecule has 3 rings (SSSR count). The van der Waals surface area contributed by atoms with E-state index in [9.17, 15) is 16.8 Å². The van der Waals surface area contributed by atoms with Gasteiger partial charge >= 0.3 is 0 Å². The lowest BCUT2D eigenvalue weighted by atomic mass is 10.3.